The number of sulfonamides is 1. The van der Waals surface area contributed by atoms with Crippen molar-refractivity contribution in [1.29, 1.82) is 0 Å². The van der Waals surface area contributed by atoms with Crippen molar-refractivity contribution >= 4 is 31.9 Å². The summed E-state index contributed by atoms with van der Waals surface area (Å²) in [6, 6.07) is 16.9. The van der Waals surface area contributed by atoms with Crippen LogP contribution in [0.25, 0.3) is 0 Å². The maximum atomic E-state index is 12.3. The van der Waals surface area contributed by atoms with E-state index in [9.17, 15) is 13.2 Å². The fourth-order valence-electron chi connectivity index (χ4n) is 2.44. The monoisotopic (exact) mass is 478 g/mol. The van der Waals surface area contributed by atoms with Crippen LogP contribution in [-0.2, 0) is 23.2 Å². The van der Waals surface area contributed by atoms with Crippen molar-refractivity contribution in [3.63, 3.8) is 0 Å². The third-order valence-corrected chi connectivity index (χ3v) is 5.99. The molecule has 0 spiro atoms. The molecule has 29 heavy (non-hydrogen) atoms. The smallest absolute Gasteiger partial charge is 0.287 e. The highest BCUT2D eigenvalue weighted by Crippen LogP contribution is 2.18. The first kappa shape index (κ1) is 21.1. The summed E-state index contributed by atoms with van der Waals surface area (Å²) in [5.41, 5.74) is 0.763. The minimum absolute atomic E-state index is 0.163. The fraction of sp³-hybridized carbons (Fsp3) is 0.150. The van der Waals surface area contributed by atoms with Crippen LogP contribution in [0.3, 0.4) is 0 Å². The molecule has 0 aliphatic heterocycles. The zero-order chi connectivity index (χ0) is 20.9. The molecule has 3 aromatic rings. The molecule has 1 heterocycles. The van der Waals surface area contributed by atoms with Crippen molar-refractivity contribution < 1.29 is 22.4 Å². The van der Waals surface area contributed by atoms with Crippen molar-refractivity contribution in [3.8, 4) is 5.75 Å². The Hall–Kier alpha value is -2.62. The Bertz CT molecular complexity index is 1080. The van der Waals surface area contributed by atoms with Crippen LogP contribution < -0.4 is 14.8 Å². The predicted octanol–water partition coefficient (Wildman–Crippen LogP) is 3.46. The quantitative estimate of drug-likeness (QED) is 0.516. The Morgan fingerprint density at radius 1 is 1.03 bits per heavy atom. The molecule has 2 aromatic carbocycles. The zero-order valence-corrected chi connectivity index (χ0v) is 17.9. The molecule has 1 aromatic heterocycles. The Labute approximate surface area is 177 Å². The number of hydrogen-bond donors (Lipinski definition) is 2. The van der Waals surface area contributed by atoms with Crippen LogP contribution in [0.5, 0.6) is 5.75 Å². The van der Waals surface area contributed by atoms with Gasteiger partial charge >= 0.3 is 0 Å². The Morgan fingerprint density at radius 2 is 1.72 bits per heavy atom. The fourth-order valence-corrected chi connectivity index (χ4v) is 3.43. The molecule has 9 heteroatoms. The van der Waals surface area contributed by atoms with Crippen LogP contribution in [0.4, 0.5) is 0 Å². The highest BCUT2D eigenvalue weighted by Gasteiger charge is 2.13. The first-order valence-electron chi connectivity index (χ1n) is 8.65. The van der Waals surface area contributed by atoms with Crippen LogP contribution in [0.15, 0.2) is 74.4 Å². The number of carbonyl (C=O) groups excluding carboxylic acids is 1. The van der Waals surface area contributed by atoms with Crippen molar-refractivity contribution in [2.24, 2.45) is 0 Å². The topological polar surface area (TPSA) is 97.6 Å². The van der Waals surface area contributed by atoms with Gasteiger partial charge in [-0.15, -0.1) is 0 Å². The van der Waals surface area contributed by atoms with Gasteiger partial charge in [0.05, 0.1) is 4.90 Å². The number of furan rings is 1. The number of amides is 1. The number of rotatable bonds is 8. The van der Waals surface area contributed by atoms with Gasteiger partial charge in [-0.2, -0.15) is 0 Å². The molecule has 0 saturated carbocycles. The standard InChI is InChI=1S/C20H19BrN2O5S/c1-22-29(25,26)18-9-2-14(3-10-18)12-23-20(24)19-11-8-17(28-19)13-27-16-6-4-15(21)5-7-16/h2-11,22H,12-13H2,1H3,(H,23,24). The summed E-state index contributed by atoms with van der Waals surface area (Å²) in [5, 5.41) is 2.74. The molecular weight excluding hydrogens is 460 g/mol. The minimum Gasteiger partial charge on any atom is -0.486 e. The van der Waals surface area contributed by atoms with E-state index >= 15 is 0 Å². The highest BCUT2D eigenvalue weighted by molar-refractivity contribution is 9.10. The van der Waals surface area contributed by atoms with E-state index in [1.807, 2.05) is 24.3 Å². The molecule has 2 N–H and O–H groups in total. The second-order valence-corrected chi connectivity index (χ2v) is 8.84. The van der Waals surface area contributed by atoms with Gasteiger partial charge in [-0.1, -0.05) is 28.1 Å². The molecule has 0 atom stereocenters. The van der Waals surface area contributed by atoms with Gasteiger partial charge in [0.25, 0.3) is 5.91 Å². The normalized spacial score (nSPS) is 11.2. The summed E-state index contributed by atoms with van der Waals surface area (Å²) in [6.07, 6.45) is 0. The van der Waals surface area contributed by atoms with Gasteiger partial charge in [-0.3, -0.25) is 4.79 Å². The lowest BCUT2D eigenvalue weighted by Crippen LogP contribution is -2.22. The van der Waals surface area contributed by atoms with Crippen molar-refractivity contribution in [2.75, 3.05) is 7.05 Å². The molecule has 0 radical (unpaired) electrons. The molecule has 0 saturated heterocycles. The number of carbonyl (C=O) groups is 1. The second kappa shape index (κ2) is 9.25. The number of halogens is 1. The van der Waals surface area contributed by atoms with E-state index in [4.69, 9.17) is 9.15 Å². The summed E-state index contributed by atoms with van der Waals surface area (Å²) in [5.74, 6) is 1.03. The molecule has 1 amide bonds. The number of benzene rings is 2. The molecule has 0 bridgehead atoms. The Balaban J connectivity index is 1.53. The van der Waals surface area contributed by atoms with Gasteiger partial charge in [-0.25, -0.2) is 13.1 Å². The predicted molar refractivity (Wildman–Crippen MR) is 111 cm³/mol. The molecule has 0 aliphatic carbocycles. The molecule has 7 nitrogen and oxygen atoms in total. The highest BCUT2D eigenvalue weighted by atomic mass is 79.9. The van der Waals surface area contributed by atoms with Gasteiger partial charge in [0, 0.05) is 11.0 Å². The average molecular weight is 479 g/mol. The molecular formula is C20H19BrN2O5S. The maximum absolute atomic E-state index is 12.3. The van der Waals surface area contributed by atoms with Crippen LogP contribution in [0.2, 0.25) is 0 Å². The van der Waals surface area contributed by atoms with Gasteiger partial charge in [-0.05, 0) is 61.1 Å². The van der Waals surface area contributed by atoms with Gasteiger partial charge in [0.15, 0.2) is 5.76 Å². The molecule has 0 aliphatic rings. The molecule has 0 fully saturated rings. The summed E-state index contributed by atoms with van der Waals surface area (Å²) in [6.45, 7) is 0.445. The third-order valence-electron chi connectivity index (χ3n) is 4.04. The van der Waals surface area contributed by atoms with Gasteiger partial charge in [0.1, 0.15) is 18.1 Å². The van der Waals surface area contributed by atoms with E-state index in [0.717, 1.165) is 10.0 Å². The number of ether oxygens (including phenoxy) is 1. The van der Waals surface area contributed by atoms with E-state index in [2.05, 4.69) is 26.0 Å². The largest absolute Gasteiger partial charge is 0.486 e. The maximum Gasteiger partial charge on any atom is 0.287 e. The van der Waals surface area contributed by atoms with Crippen LogP contribution in [0.1, 0.15) is 21.9 Å². The molecule has 3 rings (SSSR count). The van der Waals surface area contributed by atoms with E-state index in [1.54, 1.807) is 24.3 Å². The van der Waals surface area contributed by atoms with Crippen LogP contribution in [0, 0.1) is 0 Å². The van der Waals surface area contributed by atoms with Crippen molar-refractivity contribution in [1.82, 2.24) is 10.0 Å². The molecule has 0 unspecified atom stereocenters. The average Bonchev–Trinajstić information content (AvgIpc) is 3.21. The van der Waals surface area contributed by atoms with E-state index in [-0.39, 0.29) is 29.7 Å². The van der Waals surface area contributed by atoms with Crippen molar-refractivity contribution in [3.05, 3.63) is 82.2 Å². The van der Waals surface area contributed by atoms with Crippen LogP contribution in [-0.4, -0.2) is 21.4 Å². The second-order valence-electron chi connectivity index (χ2n) is 6.04. The Kier molecular flexibility index (Phi) is 6.73. The summed E-state index contributed by atoms with van der Waals surface area (Å²) in [7, 11) is -2.13. The van der Waals surface area contributed by atoms with E-state index < -0.39 is 10.0 Å². The van der Waals surface area contributed by atoms with E-state index in [1.165, 1.54) is 19.2 Å². The Morgan fingerprint density at radius 3 is 2.38 bits per heavy atom. The van der Waals surface area contributed by atoms with Gasteiger partial charge < -0.3 is 14.5 Å². The number of hydrogen-bond acceptors (Lipinski definition) is 5. The third kappa shape index (κ3) is 5.69. The lowest BCUT2D eigenvalue weighted by Gasteiger charge is -2.06. The van der Waals surface area contributed by atoms with E-state index in [0.29, 0.717) is 11.5 Å². The lowest BCUT2D eigenvalue weighted by molar-refractivity contribution is 0.0919. The molecule has 152 valence electrons. The summed E-state index contributed by atoms with van der Waals surface area (Å²) in [4.78, 5) is 12.4. The van der Waals surface area contributed by atoms with Crippen LogP contribution >= 0.6 is 15.9 Å². The SMILES string of the molecule is CNS(=O)(=O)c1ccc(CNC(=O)c2ccc(COc3ccc(Br)cc3)o2)cc1. The minimum atomic E-state index is -3.48. The lowest BCUT2D eigenvalue weighted by atomic mass is 10.2. The number of nitrogens with one attached hydrogen (secondary N) is 2. The first-order chi connectivity index (χ1) is 13.9. The van der Waals surface area contributed by atoms with Gasteiger partial charge in [0.2, 0.25) is 10.0 Å². The zero-order valence-electron chi connectivity index (χ0n) is 15.5. The first-order valence-corrected chi connectivity index (χ1v) is 10.9. The van der Waals surface area contributed by atoms with Crippen molar-refractivity contribution in [2.45, 2.75) is 18.0 Å². The summed E-state index contributed by atoms with van der Waals surface area (Å²) >= 11 is 3.36. The summed E-state index contributed by atoms with van der Waals surface area (Å²) < 4.78 is 37.8.